The fourth-order valence-electron chi connectivity index (χ4n) is 1.32. The van der Waals surface area contributed by atoms with Crippen LogP contribution >= 0.6 is 11.3 Å². The Kier molecular flexibility index (Phi) is 1.81. The molecule has 4 nitrogen and oxygen atoms in total. The molecule has 0 aromatic carbocycles. The zero-order chi connectivity index (χ0) is 9.42. The highest BCUT2D eigenvalue weighted by atomic mass is 32.1. The summed E-state index contributed by atoms with van der Waals surface area (Å²) in [4.78, 5) is 16.5. The van der Waals surface area contributed by atoms with Gasteiger partial charge in [-0.2, -0.15) is 0 Å². The van der Waals surface area contributed by atoms with Gasteiger partial charge < -0.3 is 0 Å². The number of rotatable bonds is 1. The average Bonchev–Trinajstić information content (AvgIpc) is 2.63. The van der Waals surface area contributed by atoms with E-state index in [1.54, 1.807) is 18.8 Å². The highest BCUT2D eigenvalue weighted by molar-refractivity contribution is 7.13. The molecular weight excluding hydrogens is 186 g/mol. The van der Waals surface area contributed by atoms with Crippen molar-refractivity contribution in [3.05, 3.63) is 27.8 Å². The predicted octanol–water partition coefficient (Wildman–Crippen LogP) is 1.15. The first-order valence-corrected chi connectivity index (χ1v) is 4.72. The molecule has 0 aliphatic heterocycles. The van der Waals surface area contributed by atoms with E-state index in [2.05, 4.69) is 10.1 Å². The molecule has 0 saturated carbocycles. The summed E-state index contributed by atoms with van der Waals surface area (Å²) in [7, 11) is 1.71. The van der Waals surface area contributed by atoms with Gasteiger partial charge in [0, 0.05) is 18.9 Å². The standard InChI is InChI=1S/C8H9N3OS/c1-5-7(6-3-9-4-13-6)8(12)11(2)10-5/h3-4,10H,1-2H3. The van der Waals surface area contributed by atoms with E-state index in [1.807, 2.05) is 6.92 Å². The lowest BCUT2D eigenvalue weighted by atomic mass is 10.2. The molecule has 0 unspecified atom stereocenters. The lowest BCUT2D eigenvalue weighted by Crippen LogP contribution is -2.12. The van der Waals surface area contributed by atoms with Crippen molar-refractivity contribution in [2.24, 2.45) is 7.05 Å². The van der Waals surface area contributed by atoms with Crippen molar-refractivity contribution in [1.82, 2.24) is 14.8 Å². The van der Waals surface area contributed by atoms with Crippen molar-refractivity contribution < 1.29 is 0 Å². The Bertz CT molecular complexity index is 466. The molecule has 5 heteroatoms. The van der Waals surface area contributed by atoms with E-state index in [9.17, 15) is 4.79 Å². The fourth-order valence-corrected chi connectivity index (χ4v) is 2.03. The van der Waals surface area contributed by atoms with E-state index < -0.39 is 0 Å². The zero-order valence-electron chi connectivity index (χ0n) is 7.37. The number of nitrogens with one attached hydrogen (secondary N) is 1. The fraction of sp³-hybridized carbons (Fsp3) is 0.250. The highest BCUT2D eigenvalue weighted by Crippen LogP contribution is 2.21. The third kappa shape index (κ3) is 1.21. The number of hydrogen-bond donors (Lipinski definition) is 1. The maximum absolute atomic E-state index is 11.6. The van der Waals surface area contributed by atoms with Gasteiger partial charge in [-0.25, -0.2) is 0 Å². The second-order valence-electron chi connectivity index (χ2n) is 2.84. The number of thiazole rings is 1. The summed E-state index contributed by atoms with van der Waals surface area (Å²) in [6.45, 7) is 1.89. The molecule has 0 atom stereocenters. The molecule has 2 aromatic heterocycles. The molecule has 1 N–H and O–H groups in total. The van der Waals surface area contributed by atoms with Crippen LogP contribution < -0.4 is 5.56 Å². The smallest absolute Gasteiger partial charge is 0.275 e. The van der Waals surface area contributed by atoms with Gasteiger partial charge in [-0.3, -0.25) is 19.6 Å². The maximum atomic E-state index is 11.6. The number of hydrogen-bond acceptors (Lipinski definition) is 3. The number of H-pyrrole nitrogens is 1. The molecular formula is C8H9N3OS. The van der Waals surface area contributed by atoms with Crippen molar-refractivity contribution in [3.8, 4) is 10.4 Å². The minimum Gasteiger partial charge on any atom is -0.300 e. The van der Waals surface area contributed by atoms with Crippen molar-refractivity contribution >= 4 is 11.3 Å². The van der Waals surface area contributed by atoms with Crippen molar-refractivity contribution in [2.45, 2.75) is 6.92 Å². The summed E-state index contributed by atoms with van der Waals surface area (Å²) >= 11 is 1.47. The van der Waals surface area contributed by atoms with Crippen LogP contribution in [0.3, 0.4) is 0 Å². The first kappa shape index (κ1) is 8.25. The summed E-state index contributed by atoms with van der Waals surface area (Å²) in [5, 5.41) is 2.95. The molecule has 0 saturated heterocycles. The summed E-state index contributed by atoms with van der Waals surface area (Å²) < 4.78 is 1.48. The van der Waals surface area contributed by atoms with Crippen LogP contribution in [-0.4, -0.2) is 14.8 Å². The van der Waals surface area contributed by atoms with Crippen LogP contribution in [0.5, 0.6) is 0 Å². The Hall–Kier alpha value is -1.36. The van der Waals surface area contributed by atoms with Gasteiger partial charge >= 0.3 is 0 Å². The molecule has 0 amide bonds. The van der Waals surface area contributed by atoms with E-state index in [4.69, 9.17) is 0 Å². The van der Waals surface area contributed by atoms with E-state index in [0.717, 1.165) is 16.1 Å². The third-order valence-electron chi connectivity index (χ3n) is 1.91. The lowest BCUT2D eigenvalue weighted by Gasteiger charge is -1.88. The molecule has 0 fully saturated rings. The second-order valence-corrected chi connectivity index (χ2v) is 3.73. The highest BCUT2D eigenvalue weighted by Gasteiger charge is 2.11. The Morgan fingerprint density at radius 3 is 2.85 bits per heavy atom. The van der Waals surface area contributed by atoms with Crippen LogP contribution in [0.1, 0.15) is 5.69 Å². The quantitative estimate of drug-likeness (QED) is 0.742. The molecule has 2 heterocycles. The zero-order valence-corrected chi connectivity index (χ0v) is 8.18. The van der Waals surface area contributed by atoms with Gasteiger partial charge in [-0.1, -0.05) is 0 Å². The number of aromatic nitrogens is 3. The molecule has 0 spiro atoms. The molecule has 0 radical (unpaired) electrons. The summed E-state index contributed by atoms with van der Waals surface area (Å²) in [6, 6.07) is 0. The first-order valence-electron chi connectivity index (χ1n) is 3.84. The van der Waals surface area contributed by atoms with Crippen molar-refractivity contribution in [3.63, 3.8) is 0 Å². The van der Waals surface area contributed by atoms with Gasteiger partial charge in [-0.15, -0.1) is 11.3 Å². The Labute approximate surface area is 78.8 Å². The minimum atomic E-state index is 0.00162. The van der Waals surface area contributed by atoms with E-state index in [0.29, 0.717) is 0 Å². The molecule has 0 aliphatic rings. The van der Waals surface area contributed by atoms with Gasteiger partial charge in [0.25, 0.3) is 5.56 Å². The van der Waals surface area contributed by atoms with Crippen molar-refractivity contribution in [2.75, 3.05) is 0 Å². The first-order chi connectivity index (χ1) is 6.20. The van der Waals surface area contributed by atoms with Crippen LogP contribution in [0.25, 0.3) is 10.4 Å². The van der Waals surface area contributed by atoms with Gasteiger partial charge in [0.15, 0.2) is 0 Å². The van der Waals surface area contributed by atoms with Crippen LogP contribution in [-0.2, 0) is 7.05 Å². The lowest BCUT2D eigenvalue weighted by molar-refractivity contribution is 0.731. The molecule has 68 valence electrons. The van der Waals surface area contributed by atoms with Crippen LogP contribution in [0.2, 0.25) is 0 Å². The van der Waals surface area contributed by atoms with Gasteiger partial charge in [-0.05, 0) is 6.92 Å². The van der Waals surface area contributed by atoms with Gasteiger partial charge in [0.05, 0.1) is 16.0 Å². The monoisotopic (exact) mass is 195 g/mol. The average molecular weight is 195 g/mol. The molecule has 2 aromatic rings. The molecule has 0 aliphatic carbocycles. The number of nitrogens with zero attached hydrogens (tertiary/aromatic N) is 2. The van der Waals surface area contributed by atoms with Crippen molar-refractivity contribution in [1.29, 1.82) is 0 Å². The largest absolute Gasteiger partial charge is 0.300 e. The number of aryl methyl sites for hydroxylation is 2. The summed E-state index contributed by atoms with van der Waals surface area (Å²) in [5.41, 5.74) is 3.34. The minimum absolute atomic E-state index is 0.00162. The Morgan fingerprint density at radius 1 is 1.62 bits per heavy atom. The van der Waals surface area contributed by atoms with Crippen LogP contribution in [0, 0.1) is 6.92 Å². The Morgan fingerprint density at radius 2 is 2.38 bits per heavy atom. The topological polar surface area (TPSA) is 50.7 Å². The molecule has 2 rings (SSSR count). The van der Waals surface area contributed by atoms with Gasteiger partial charge in [0.1, 0.15) is 0 Å². The third-order valence-corrected chi connectivity index (χ3v) is 2.70. The summed E-state index contributed by atoms with van der Waals surface area (Å²) in [6.07, 6.45) is 1.71. The molecule has 13 heavy (non-hydrogen) atoms. The number of aromatic amines is 1. The van der Waals surface area contributed by atoms with E-state index >= 15 is 0 Å². The van der Waals surface area contributed by atoms with E-state index in [-0.39, 0.29) is 5.56 Å². The van der Waals surface area contributed by atoms with Crippen LogP contribution in [0.4, 0.5) is 0 Å². The predicted molar refractivity (Wildman–Crippen MR) is 51.9 cm³/mol. The molecule has 0 bridgehead atoms. The normalized spacial score (nSPS) is 10.6. The van der Waals surface area contributed by atoms with Crippen LogP contribution in [0.15, 0.2) is 16.5 Å². The SMILES string of the molecule is Cc1[nH]n(C)c(=O)c1-c1cncs1. The maximum Gasteiger partial charge on any atom is 0.275 e. The van der Waals surface area contributed by atoms with E-state index in [1.165, 1.54) is 16.0 Å². The Balaban J connectivity index is 2.71. The van der Waals surface area contributed by atoms with Gasteiger partial charge in [0.2, 0.25) is 0 Å². The summed E-state index contributed by atoms with van der Waals surface area (Å²) in [5.74, 6) is 0. The second kappa shape index (κ2) is 2.85.